The van der Waals surface area contributed by atoms with Crippen LogP contribution in [-0.2, 0) is 0 Å². The number of likely N-dealkylation sites (tertiary alicyclic amines) is 1. The van der Waals surface area contributed by atoms with Crippen molar-refractivity contribution in [1.29, 1.82) is 0 Å². The SMILES string of the molecule is Cc1cc(F)cc(C(=O)N2CCCCC2)c1. The van der Waals surface area contributed by atoms with Gasteiger partial charge in [0.1, 0.15) is 5.82 Å². The Kier molecular flexibility index (Phi) is 3.22. The number of carbonyl (C=O) groups excluding carboxylic acids is 1. The van der Waals surface area contributed by atoms with Gasteiger partial charge in [-0.1, -0.05) is 0 Å². The first kappa shape index (κ1) is 11.1. The lowest BCUT2D eigenvalue weighted by atomic mass is 10.1. The molecule has 3 heteroatoms. The van der Waals surface area contributed by atoms with Crippen LogP contribution in [0, 0.1) is 12.7 Å². The third-order valence-electron chi connectivity index (χ3n) is 2.93. The summed E-state index contributed by atoms with van der Waals surface area (Å²) in [5, 5.41) is 0. The summed E-state index contributed by atoms with van der Waals surface area (Å²) in [5.41, 5.74) is 1.26. The molecule has 1 aliphatic rings. The summed E-state index contributed by atoms with van der Waals surface area (Å²) in [6, 6.07) is 4.51. The molecular formula is C13H16FNO. The van der Waals surface area contributed by atoms with Gasteiger partial charge in [-0.2, -0.15) is 0 Å². The molecule has 0 N–H and O–H groups in total. The van der Waals surface area contributed by atoms with Gasteiger partial charge in [0.2, 0.25) is 0 Å². The van der Waals surface area contributed by atoms with Gasteiger partial charge in [0, 0.05) is 18.7 Å². The van der Waals surface area contributed by atoms with Crippen LogP contribution in [0.4, 0.5) is 4.39 Å². The van der Waals surface area contributed by atoms with E-state index in [2.05, 4.69) is 0 Å². The average Bonchev–Trinajstić information content (AvgIpc) is 2.28. The highest BCUT2D eigenvalue weighted by Gasteiger charge is 2.18. The molecule has 0 aromatic heterocycles. The van der Waals surface area contributed by atoms with Crippen molar-refractivity contribution in [3.63, 3.8) is 0 Å². The molecule has 0 atom stereocenters. The molecule has 0 aliphatic carbocycles. The third kappa shape index (κ3) is 2.40. The third-order valence-corrected chi connectivity index (χ3v) is 2.93. The second-order valence-corrected chi connectivity index (χ2v) is 4.37. The highest BCUT2D eigenvalue weighted by Crippen LogP contribution is 2.15. The number of aryl methyl sites for hydroxylation is 1. The molecule has 0 unspecified atom stereocenters. The van der Waals surface area contributed by atoms with Gasteiger partial charge < -0.3 is 4.90 Å². The van der Waals surface area contributed by atoms with Gasteiger partial charge in [0.05, 0.1) is 0 Å². The molecular weight excluding hydrogens is 205 g/mol. The molecule has 1 amide bonds. The zero-order valence-electron chi connectivity index (χ0n) is 9.50. The first-order valence-electron chi connectivity index (χ1n) is 5.73. The number of hydrogen-bond acceptors (Lipinski definition) is 1. The van der Waals surface area contributed by atoms with Crippen molar-refractivity contribution < 1.29 is 9.18 Å². The number of halogens is 1. The molecule has 0 bridgehead atoms. The number of hydrogen-bond donors (Lipinski definition) is 0. The molecule has 1 heterocycles. The van der Waals surface area contributed by atoms with Gasteiger partial charge in [-0.15, -0.1) is 0 Å². The predicted molar refractivity (Wildman–Crippen MR) is 60.9 cm³/mol. The molecule has 2 nitrogen and oxygen atoms in total. The zero-order valence-corrected chi connectivity index (χ0v) is 9.50. The van der Waals surface area contributed by atoms with Gasteiger partial charge in [0.15, 0.2) is 0 Å². The van der Waals surface area contributed by atoms with E-state index in [-0.39, 0.29) is 11.7 Å². The summed E-state index contributed by atoms with van der Waals surface area (Å²) in [6.07, 6.45) is 3.30. The van der Waals surface area contributed by atoms with E-state index in [0.717, 1.165) is 31.5 Å². The zero-order chi connectivity index (χ0) is 11.5. The lowest BCUT2D eigenvalue weighted by molar-refractivity contribution is 0.0723. The normalized spacial score (nSPS) is 16.2. The molecule has 1 saturated heterocycles. The fourth-order valence-electron chi connectivity index (χ4n) is 2.14. The van der Waals surface area contributed by atoms with E-state index < -0.39 is 0 Å². The van der Waals surface area contributed by atoms with E-state index >= 15 is 0 Å². The Hall–Kier alpha value is -1.38. The van der Waals surface area contributed by atoms with E-state index in [1.807, 2.05) is 4.90 Å². The Bertz CT molecular complexity index is 377. The van der Waals surface area contributed by atoms with Crippen LogP contribution in [0.25, 0.3) is 0 Å². The van der Waals surface area contributed by atoms with E-state index in [0.29, 0.717) is 5.56 Å². The maximum absolute atomic E-state index is 13.2. The fraction of sp³-hybridized carbons (Fsp3) is 0.462. The van der Waals surface area contributed by atoms with Crippen LogP contribution in [0.2, 0.25) is 0 Å². The standard InChI is InChI=1S/C13H16FNO/c1-10-7-11(9-12(14)8-10)13(16)15-5-3-2-4-6-15/h7-9H,2-6H2,1H3. The van der Waals surface area contributed by atoms with Crippen LogP contribution in [0.15, 0.2) is 18.2 Å². The minimum atomic E-state index is -0.333. The summed E-state index contributed by atoms with van der Waals surface area (Å²) >= 11 is 0. The lowest BCUT2D eigenvalue weighted by Gasteiger charge is -2.26. The maximum atomic E-state index is 13.2. The molecule has 16 heavy (non-hydrogen) atoms. The van der Waals surface area contributed by atoms with Gasteiger partial charge in [-0.3, -0.25) is 4.79 Å². The Balaban J connectivity index is 2.19. The number of rotatable bonds is 1. The predicted octanol–water partition coefficient (Wildman–Crippen LogP) is 2.76. The highest BCUT2D eigenvalue weighted by molar-refractivity contribution is 5.94. The van der Waals surface area contributed by atoms with Crippen molar-refractivity contribution in [2.24, 2.45) is 0 Å². The minimum absolute atomic E-state index is 0.0395. The molecule has 1 fully saturated rings. The van der Waals surface area contributed by atoms with E-state index in [1.165, 1.54) is 18.6 Å². The molecule has 0 saturated carbocycles. The molecule has 1 aliphatic heterocycles. The Morgan fingerprint density at radius 2 is 1.88 bits per heavy atom. The molecule has 1 aromatic rings. The summed E-state index contributed by atoms with van der Waals surface area (Å²) in [4.78, 5) is 13.9. The second-order valence-electron chi connectivity index (χ2n) is 4.37. The summed E-state index contributed by atoms with van der Waals surface area (Å²) in [5.74, 6) is -0.373. The second kappa shape index (κ2) is 4.64. The molecule has 0 radical (unpaired) electrons. The van der Waals surface area contributed by atoms with Crippen molar-refractivity contribution in [1.82, 2.24) is 4.90 Å². The first-order valence-corrected chi connectivity index (χ1v) is 5.73. The molecule has 1 aromatic carbocycles. The highest BCUT2D eigenvalue weighted by atomic mass is 19.1. The molecule has 0 spiro atoms. The average molecular weight is 221 g/mol. The number of benzene rings is 1. The van der Waals surface area contributed by atoms with Gasteiger partial charge in [0.25, 0.3) is 5.91 Å². The van der Waals surface area contributed by atoms with Crippen LogP contribution in [0.1, 0.15) is 35.2 Å². The number of carbonyl (C=O) groups is 1. The van der Waals surface area contributed by atoms with Crippen molar-refractivity contribution in [3.05, 3.63) is 35.1 Å². The summed E-state index contributed by atoms with van der Waals surface area (Å²) in [7, 11) is 0. The van der Waals surface area contributed by atoms with Gasteiger partial charge in [-0.25, -0.2) is 4.39 Å². The van der Waals surface area contributed by atoms with Crippen LogP contribution in [0.3, 0.4) is 0 Å². The van der Waals surface area contributed by atoms with Crippen molar-refractivity contribution in [2.45, 2.75) is 26.2 Å². The van der Waals surface area contributed by atoms with Crippen LogP contribution < -0.4 is 0 Å². The summed E-state index contributed by atoms with van der Waals surface area (Å²) < 4.78 is 13.2. The van der Waals surface area contributed by atoms with Crippen molar-refractivity contribution in [2.75, 3.05) is 13.1 Å². The number of piperidine rings is 1. The first-order chi connectivity index (χ1) is 7.66. The monoisotopic (exact) mass is 221 g/mol. The smallest absolute Gasteiger partial charge is 0.253 e. The molecule has 86 valence electrons. The Labute approximate surface area is 95.1 Å². The summed E-state index contributed by atoms with van der Waals surface area (Å²) in [6.45, 7) is 3.40. The quantitative estimate of drug-likeness (QED) is 0.714. The maximum Gasteiger partial charge on any atom is 0.253 e. The lowest BCUT2D eigenvalue weighted by Crippen LogP contribution is -2.35. The van der Waals surface area contributed by atoms with E-state index in [9.17, 15) is 9.18 Å². The van der Waals surface area contributed by atoms with Crippen LogP contribution in [-0.4, -0.2) is 23.9 Å². The Morgan fingerprint density at radius 1 is 1.19 bits per heavy atom. The molecule has 2 rings (SSSR count). The van der Waals surface area contributed by atoms with Crippen LogP contribution in [0.5, 0.6) is 0 Å². The van der Waals surface area contributed by atoms with Crippen molar-refractivity contribution >= 4 is 5.91 Å². The van der Waals surface area contributed by atoms with E-state index in [4.69, 9.17) is 0 Å². The van der Waals surface area contributed by atoms with E-state index in [1.54, 1.807) is 13.0 Å². The largest absolute Gasteiger partial charge is 0.339 e. The van der Waals surface area contributed by atoms with Gasteiger partial charge in [-0.05, 0) is 49.9 Å². The number of nitrogens with zero attached hydrogens (tertiary/aromatic N) is 1. The van der Waals surface area contributed by atoms with Crippen LogP contribution >= 0.6 is 0 Å². The fourth-order valence-corrected chi connectivity index (χ4v) is 2.14. The Morgan fingerprint density at radius 3 is 2.50 bits per heavy atom. The minimum Gasteiger partial charge on any atom is -0.339 e. The topological polar surface area (TPSA) is 20.3 Å². The number of amides is 1. The van der Waals surface area contributed by atoms with Crippen molar-refractivity contribution in [3.8, 4) is 0 Å². The van der Waals surface area contributed by atoms with Gasteiger partial charge >= 0.3 is 0 Å².